The Kier molecular flexibility index (Phi) is 19.3. The van der Waals surface area contributed by atoms with Crippen LogP contribution < -0.4 is 0 Å². The number of Topliss-reactive ketones (excluding diaryl/α,β-unsaturated/α-hetero) is 3. The van der Waals surface area contributed by atoms with Crippen molar-refractivity contribution in [1.29, 1.82) is 0 Å². The number of fused-ring (bicyclic) bond motifs is 3. The first-order valence-corrected chi connectivity index (χ1v) is 22.6. The van der Waals surface area contributed by atoms with Gasteiger partial charge in [0.15, 0.2) is 0 Å². The summed E-state index contributed by atoms with van der Waals surface area (Å²) in [5.41, 5.74) is 1.13. The van der Waals surface area contributed by atoms with Crippen LogP contribution in [-0.2, 0) is 38.2 Å². The highest BCUT2D eigenvalue weighted by Crippen LogP contribution is 2.37. The molecule has 4 N–H and O–H groups in total. The highest BCUT2D eigenvalue weighted by Gasteiger charge is 2.53. The van der Waals surface area contributed by atoms with Crippen molar-refractivity contribution in [3.63, 3.8) is 0 Å². The molecule has 1 amide bonds. The molecule has 0 radical (unpaired) electrons. The number of nitrogens with zero attached hydrogens (tertiary/aromatic N) is 1. The number of piperidine rings is 1. The maximum absolute atomic E-state index is 14.2. The molecule has 0 aromatic rings. The number of ketones is 3. The highest BCUT2D eigenvalue weighted by molar-refractivity contribution is 6.39. The van der Waals surface area contributed by atoms with Crippen LogP contribution in [0.25, 0.3) is 0 Å². The monoisotopic (exact) mass is 856 g/mol. The van der Waals surface area contributed by atoms with E-state index < -0.39 is 65.9 Å². The second-order valence-electron chi connectivity index (χ2n) is 18.6. The van der Waals surface area contributed by atoms with E-state index in [4.69, 9.17) is 14.2 Å². The first-order valence-electron chi connectivity index (χ1n) is 22.6. The SMILES string of the molecule is CO[C@@H]1C[C@H](C[C@@H](C)[C@@H]2CC(=O)C/C=C(\C)[C@@H](O)CC(=O)[C@H](C)C[C@H](C)\C=C/C=C/C=C(\C)[C@@H](O)C[C@@H]3CC[C@@H](C)[C@@](O)(O3)C(=O)C(=O)N3CCCC[C@H]3C(=O)O2)CC[C@H]1O. The van der Waals surface area contributed by atoms with E-state index in [0.717, 1.165) is 11.3 Å². The van der Waals surface area contributed by atoms with Crippen molar-refractivity contribution in [2.45, 2.75) is 180 Å². The largest absolute Gasteiger partial charge is 0.460 e. The molecule has 13 heteroatoms. The summed E-state index contributed by atoms with van der Waals surface area (Å²) in [5, 5.41) is 44.2. The fourth-order valence-electron chi connectivity index (χ4n) is 9.25. The fourth-order valence-corrected chi connectivity index (χ4v) is 9.25. The van der Waals surface area contributed by atoms with Crippen LogP contribution in [0.15, 0.2) is 47.6 Å². The molecule has 2 saturated heterocycles. The summed E-state index contributed by atoms with van der Waals surface area (Å²) in [6, 6.07) is -1.13. The number of amides is 1. The summed E-state index contributed by atoms with van der Waals surface area (Å²) < 4.78 is 17.7. The quantitative estimate of drug-likeness (QED) is 0.154. The smallest absolute Gasteiger partial charge is 0.329 e. The molecule has 13 atom stereocenters. The Labute approximate surface area is 362 Å². The van der Waals surface area contributed by atoms with Crippen LogP contribution >= 0.6 is 0 Å². The van der Waals surface area contributed by atoms with Crippen molar-refractivity contribution < 1.29 is 58.6 Å². The van der Waals surface area contributed by atoms with Gasteiger partial charge in [-0.15, -0.1) is 0 Å². The number of hydrogen-bond donors (Lipinski definition) is 4. The molecule has 13 nitrogen and oxygen atoms in total. The molecule has 3 heterocycles. The zero-order valence-corrected chi connectivity index (χ0v) is 37.5. The van der Waals surface area contributed by atoms with Gasteiger partial charge in [0.05, 0.1) is 30.5 Å². The van der Waals surface area contributed by atoms with E-state index in [-0.39, 0.29) is 80.0 Å². The molecule has 342 valence electrons. The van der Waals surface area contributed by atoms with Crippen LogP contribution in [0.4, 0.5) is 0 Å². The van der Waals surface area contributed by atoms with Crippen molar-refractivity contribution in [1.82, 2.24) is 4.90 Å². The zero-order chi connectivity index (χ0) is 45.0. The molecule has 0 aromatic carbocycles. The van der Waals surface area contributed by atoms with E-state index in [1.54, 1.807) is 46.1 Å². The topological polar surface area (TPSA) is 197 Å². The predicted octanol–water partition coefficient (Wildman–Crippen LogP) is 5.66. The molecule has 2 bridgehead atoms. The number of hydrogen-bond acceptors (Lipinski definition) is 12. The van der Waals surface area contributed by atoms with Crippen LogP contribution in [0, 0.1) is 29.6 Å². The highest BCUT2D eigenvalue weighted by atomic mass is 16.6. The Morgan fingerprint density at radius 2 is 1.61 bits per heavy atom. The molecule has 3 aliphatic heterocycles. The zero-order valence-electron chi connectivity index (χ0n) is 37.5. The number of methoxy groups -OCH3 is 1. The number of rotatable bonds is 4. The van der Waals surface area contributed by atoms with E-state index in [1.807, 2.05) is 39.0 Å². The molecular formula is C48H73NO12. The summed E-state index contributed by atoms with van der Waals surface area (Å²) in [5.74, 6) is -6.92. The van der Waals surface area contributed by atoms with Gasteiger partial charge in [-0.25, -0.2) is 4.79 Å². The molecule has 1 saturated carbocycles. The Morgan fingerprint density at radius 1 is 0.869 bits per heavy atom. The first-order chi connectivity index (χ1) is 28.8. The van der Waals surface area contributed by atoms with Gasteiger partial charge in [-0.1, -0.05) is 64.2 Å². The van der Waals surface area contributed by atoms with Crippen LogP contribution in [0.3, 0.4) is 0 Å². The lowest BCUT2D eigenvalue weighted by Gasteiger charge is -2.42. The molecule has 0 spiro atoms. The van der Waals surface area contributed by atoms with E-state index >= 15 is 0 Å². The lowest BCUT2D eigenvalue weighted by molar-refractivity contribution is -0.265. The minimum Gasteiger partial charge on any atom is -0.460 e. The van der Waals surface area contributed by atoms with Gasteiger partial charge in [-0.2, -0.15) is 0 Å². The Morgan fingerprint density at radius 3 is 2.33 bits per heavy atom. The van der Waals surface area contributed by atoms with Crippen molar-refractivity contribution in [2.24, 2.45) is 29.6 Å². The molecular weight excluding hydrogens is 783 g/mol. The molecule has 4 aliphatic rings. The molecule has 1 aliphatic carbocycles. The van der Waals surface area contributed by atoms with Gasteiger partial charge in [0.2, 0.25) is 5.79 Å². The van der Waals surface area contributed by atoms with Crippen LogP contribution in [0.1, 0.15) is 131 Å². The van der Waals surface area contributed by atoms with E-state index in [2.05, 4.69) is 0 Å². The van der Waals surface area contributed by atoms with E-state index in [9.17, 15) is 44.4 Å². The number of carbonyl (C=O) groups is 5. The minimum absolute atomic E-state index is 0.0594. The minimum atomic E-state index is -2.47. The van der Waals surface area contributed by atoms with Gasteiger partial charge in [0.25, 0.3) is 11.7 Å². The lowest BCUT2D eigenvalue weighted by atomic mass is 9.78. The number of ether oxygens (including phenoxy) is 3. The predicted molar refractivity (Wildman–Crippen MR) is 230 cm³/mol. The van der Waals surface area contributed by atoms with Crippen LogP contribution in [-0.4, -0.2) is 117 Å². The maximum atomic E-state index is 14.2. The Bertz CT molecular complexity index is 1650. The fraction of sp³-hybridized carbons (Fsp3) is 0.729. The van der Waals surface area contributed by atoms with E-state index in [1.165, 1.54) is 0 Å². The molecule has 61 heavy (non-hydrogen) atoms. The molecule has 0 unspecified atom stereocenters. The normalized spacial score (nSPS) is 39.8. The van der Waals surface area contributed by atoms with Crippen LogP contribution in [0.5, 0.6) is 0 Å². The van der Waals surface area contributed by atoms with Crippen LogP contribution in [0.2, 0.25) is 0 Å². The number of aliphatic hydroxyl groups is 4. The van der Waals surface area contributed by atoms with Gasteiger partial charge in [0, 0.05) is 51.2 Å². The third kappa shape index (κ3) is 14.1. The second-order valence-corrected chi connectivity index (χ2v) is 18.6. The maximum Gasteiger partial charge on any atom is 0.329 e. The molecule has 0 aromatic heterocycles. The summed E-state index contributed by atoms with van der Waals surface area (Å²) in [6.07, 6.45) is 11.3. The third-order valence-electron chi connectivity index (χ3n) is 13.6. The number of carbonyl (C=O) groups excluding carboxylic acids is 5. The van der Waals surface area contributed by atoms with Gasteiger partial charge < -0.3 is 39.5 Å². The number of allylic oxidation sites excluding steroid dienone is 6. The summed E-state index contributed by atoms with van der Waals surface area (Å²) in [7, 11) is 1.56. The number of cyclic esters (lactones) is 1. The van der Waals surface area contributed by atoms with Crippen molar-refractivity contribution in [2.75, 3.05) is 13.7 Å². The van der Waals surface area contributed by atoms with E-state index in [0.29, 0.717) is 62.5 Å². The Balaban J connectivity index is 1.63. The third-order valence-corrected chi connectivity index (χ3v) is 13.6. The van der Waals surface area contributed by atoms with Crippen molar-refractivity contribution in [3.05, 3.63) is 47.6 Å². The number of esters is 1. The lowest BCUT2D eigenvalue weighted by Crippen LogP contribution is -2.61. The van der Waals surface area contributed by atoms with Gasteiger partial charge in [-0.05, 0) is 107 Å². The summed E-state index contributed by atoms with van der Waals surface area (Å²) >= 11 is 0. The number of aliphatic hydroxyl groups excluding tert-OH is 3. The summed E-state index contributed by atoms with van der Waals surface area (Å²) in [6.45, 7) is 10.9. The van der Waals surface area contributed by atoms with Gasteiger partial charge in [-0.3, -0.25) is 19.2 Å². The molecule has 3 fully saturated rings. The second kappa shape index (κ2) is 23.4. The first kappa shape index (κ1) is 50.3. The molecule has 4 rings (SSSR count). The van der Waals surface area contributed by atoms with Gasteiger partial charge >= 0.3 is 5.97 Å². The Hall–Kier alpha value is -3.33. The van der Waals surface area contributed by atoms with Gasteiger partial charge in [0.1, 0.15) is 23.7 Å². The van der Waals surface area contributed by atoms with Crippen molar-refractivity contribution in [3.8, 4) is 0 Å². The average Bonchev–Trinajstić information content (AvgIpc) is 3.23. The average molecular weight is 856 g/mol. The van der Waals surface area contributed by atoms with Crippen molar-refractivity contribution >= 4 is 29.2 Å². The summed E-state index contributed by atoms with van der Waals surface area (Å²) in [4.78, 5) is 70.2. The standard InChI is InChI=1S/C48H73NO12/c1-29-13-9-8-10-14-30(2)40(52)27-37-20-17-34(6)48(58,61-37)45(55)46(56)49-22-12-11-15-38(49)47(57)60-43(33(5)24-35-18-21-39(51)44(25-35)59-7)26-36(50)19-16-31(3)41(53)28-42(54)32(4)23-29/h8-10,13-14,16,29,32-35,37-41,43-44,51-53,58H,11-12,15,17-28H2,1-7H3/b10-8+,13-9-,30-14+,31-16+/t29-,32-,33-,34-,35+,37+,38+,39-,40+,41+,43+,44-,48-/m1/s1.